The van der Waals surface area contributed by atoms with E-state index in [0.29, 0.717) is 30.0 Å². The Morgan fingerprint density at radius 1 is 1.10 bits per heavy atom. The summed E-state index contributed by atoms with van der Waals surface area (Å²) in [6.07, 6.45) is 3.29. The van der Waals surface area contributed by atoms with Gasteiger partial charge < -0.3 is 25.0 Å². The maximum absolute atomic E-state index is 11.6. The molecule has 0 spiro atoms. The summed E-state index contributed by atoms with van der Waals surface area (Å²) in [6.45, 7) is 3.35. The molecule has 0 radical (unpaired) electrons. The molecule has 4 unspecified atom stereocenters. The van der Waals surface area contributed by atoms with Crippen LogP contribution in [0.25, 0.3) is 0 Å². The van der Waals surface area contributed by atoms with Gasteiger partial charge in [-0.25, -0.2) is 4.79 Å². The van der Waals surface area contributed by atoms with Crippen molar-refractivity contribution < 1.29 is 14.3 Å². The Bertz CT molecular complexity index is 365. The lowest BCUT2D eigenvalue weighted by molar-refractivity contribution is 0.0443. The first-order chi connectivity index (χ1) is 10.2. The van der Waals surface area contributed by atoms with Crippen LogP contribution < -0.4 is 10.6 Å². The van der Waals surface area contributed by atoms with Crippen molar-refractivity contribution >= 4 is 6.09 Å². The van der Waals surface area contributed by atoms with Crippen molar-refractivity contribution in [2.75, 3.05) is 40.5 Å². The van der Waals surface area contributed by atoms with Crippen LogP contribution in [0.2, 0.25) is 0 Å². The summed E-state index contributed by atoms with van der Waals surface area (Å²) in [4.78, 5) is 13.4. The first kappa shape index (κ1) is 15.1. The van der Waals surface area contributed by atoms with Crippen molar-refractivity contribution in [2.24, 2.45) is 11.8 Å². The van der Waals surface area contributed by atoms with Crippen molar-refractivity contribution in [3.8, 4) is 0 Å². The summed E-state index contributed by atoms with van der Waals surface area (Å²) in [5.41, 5.74) is 0. The predicted octanol–water partition coefficient (Wildman–Crippen LogP) is 0.430. The van der Waals surface area contributed by atoms with Crippen LogP contribution in [0.3, 0.4) is 0 Å². The molecule has 120 valence electrons. The number of amides is 1. The molecule has 6 heteroatoms. The predicted molar refractivity (Wildman–Crippen MR) is 79.2 cm³/mol. The van der Waals surface area contributed by atoms with E-state index >= 15 is 0 Å². The fraction of sp³-hybridized carbons (Fsp3) is 0.933. The van der Waals surface area contributed by atoms with Crippen LogP contribution in [0.4, 0.5) is 4.79 Å². The second-order valence-corrected chi connectivity index (χ2v) is 6.69. The lowest BCUT2D eigenvalue weighted by atomic mass is 10.0. The number of carbonyl (C=O) groups excluding carboxylic acids is 1. The van der Waals surface area contributed by atoms with E-state index in [1.807, 2.05) is 11.9 Å². The molecular formula is C15H27N3O3. The molecule has 4 atom stereocenters. The summed E-state index contributed by atoms with van der Waals surface area (Å²) < 4.78 is 10.5. The van der Waals surface area contributed by atoms with E-state index in [1.54, 1.807) is 0 Å². The molecule has 0 aromatic carbocycles. The van der Waals surface area contributed by atoms with Gasteiger partial charge in [-0.2, -0.15) is 0 Å². The Hall–Kier alpha value is -0.850. The number of hydrogen-bond acceptors (Lipinski definition) is 5. The van der Waals surface area contributed by atoms with Gasteiger partial charge in [-0.05, 0) is 38.1 Å². The van der Waals surface area contributed by atoms with E-state index in [-0.39, 0.29) is 6.09 Å². The van der Waals surface area contributed by atoms with Crippen LogP contribution >= 0.6 is 0 Å². The molecule has 0 bridgehead atoms. The number of ether oxygens (including phenoxy) is 2. The minimum atomic E-state index is -0.175. The van der Waals surface area contributed by atoms with E-state index in [2.05, 4.69) is 10.6 Å². The standard InChI is InChI=1S/C15H27N3O3/c1-16-13-5-14(9-21-8-13)17-12-3-10-6-18(15(19)20-2)7-11(10)4-12/h10-14,16-17H,3-9H2,1-2H3. The van der Waals surface area contributed by atoms with Crippen LogP contribution in [-0.4, -0.2) is 69.6 Å². The van der Waals surface area contributed by atoms with E-state index in [1.165, 1.54) is 20.0 Å². The lowest BCUT2D eigenvalue weighted by Gasteiger charge is -2.32. The molecule has 2 aliphatic heterocycles. The second kappa shape index (κ2) is 6.50. The average molecular weight is 297 g/mol. The van der Waals surface area contributed by atoms with Gasteiger partial charge in [0.05, 0.1) is 20.3 Å². The zero-order valence-electron chi connectivity index (χ0n) is 13.0. The lowest BCUT2D eigenvalue weighted by Crippen LogP contribution is -2.49. The van der Waals surface area contributed by atoms with E-state index in [4.69, 9.17) is 9.47 Å². The van der Waals surface area contributed by atoms with Gasteiger partial charge in [-0.1, -0.05) is 0 Å². The van der Waals surface area contributed by atoms with Gasteiger partial charge in [-0.15, -0.1) is 0 Å². The minimum absolute atomic E-state index is 0.175. The number of nitrogens with one attached hydrogen (secondary N) is 2. The molecule has 1 saturated carbocycles. The van der Waals surface area contributed by atoms with Crippen molar-refractivity contribution in [2.45, 2.75) is 37.4 Å². The maximum Gasteiger partial charge on any atom is 0.409 e. The summed E-state index contributed by atoms with van der Waals surface area (Å²) in [5, 5.41) is 7.07. The Labute approximate surface area is 126 Å². The molecule has 2 saturated heterocycles. The fourth-order valence-electron chi connectivity index (χ4n) is 4.20. The molecule has 21 heavy (non-hydrogen) atoms. The Morgan fingerprint density at radius 3 is 2.38 bits per heavy atom. The molecular weight excluding hydrogens is 270 g/mol. The maximum atomic E-state index is 11.6. The van der Waals surface area contributed by atoms with Crippen LogP contribution in [0.5, 0.6) is 0 Å². The summed E-state index contributed by atoms with van der Waals surface area (Å²) in [6, 6.07) is 1.49. The largest absolute Gasteiger partial charge is 0.453 e. The zero-order valence-corrected chi connectivity index (χ0v) is 13.0. The first-order valence-electron chi connectivity index (χ1n) is 8.03. The number of carbonyl (C=O) groups is 1. The molecule has 2 heterocycles. The highest BCUT2D eigenvalue weighted by atomic mass is 16.5. The fourth-order valence-corrected chi connectivity index (χ4v) is 4.20. The van der Waals surface area contributed by atoms with E-state index < -0.39 is 0 Å². The van der Waals surface area contributed by atoms with Gasteiger partial charge in [0.15, 0.2) is 0 Å². The third-order valence-corrected chi connectivity index (χ3v) is 5.27. The van der Waals surface area contributed by atoms with Crippen LogP contribution in [0.1, 0.15) is 19.3 Å². The van der Waals surface area contributed by atoms with Gasteiger partial charge in [-0.3, -0.25) is 0 Å². The van der Waals surface area contributed by atoms with Crippen molar-refractivity contribution in [1.29, 1.82) is 0 Å². The number of likely N-dealkylation sites (tertiary alicyclic amines) is 1. The van der Waals surface area contributed by atoms with Crippen LogP contribution in [0.15, 0.2) is 0 Å². The van der Waals surface area contributed by atoms with Gasteiger partial charge in [0.25, 0.3) is 0 Å². The number of nitrogens with zero attached hydrogens (tertiary/aromatic N) is 1. The zero-order chi connectivity index (χ0) is 14.8. The van der Waals surface area contributed by atoms with Crippen molar-refractivity contribution in [1.82, 2.24) is 15.5 Å². The molecule has 6 nitrogen and oxygen atoms in total. The van der Waals surface area contributed by atoms with Gasteiger partial charge in [0.1, 0.15) is 0 Å². The van der Waals surface area contributed by atoms with E-state index in [9.17, 15) is 4.79 Å². The highest BCUT2D eigenvalue weighted by molar-refractivity contribution is 5.67. The smallest absolute Gasteiger partial charge is 0.409 e. The number of hydrogen-bond donors (Lipinski definition) is 2. The first-order valence-corrected chi connectivity index (χ1v) is 8.03. The molecule has 0 aromatic rings. The van der Waals surface area contributed by atoms with Crippen LogP contribution in [-0.2, 0) is 9.47 Å². The number of methoxy groups -OCH3 is 1. The topological polar surface area (TPSA) is 62.8 Å². The molecule has 0 aromatic heterocycles. The molecule has 3 fully saturated rings. The SMILES string of the molecule is CNC1COCC(NC2CC3CN(C(=O)OC)CC3C2)C1. The molecule has 3 aliphatic rings. The number of likely N-dealkylation sites (N-methyl/N-ethyl adjacent to an activating group) is 1. The molecule has 1 amide bonds. The number of rotatable bonds is 3. The van der Waals surface area contributed by atoms with Crippen molar-refractivity contribution in [3.05, 3.63) is 0 Å². The third-order valence-electron chi connectivity index (χ3n) is 5.27. The Kier molecular flexibility index (Phi) is 4.66. The molecule has 3 rings (SSSR count). The second-order valence-electron chi connectivity index (χ2n) is 6.69. The summed E-state index contributed by atoms with van der Waals surface area (Å²) in [5.74, 6) is 1.26. The molecule has 1 aliphatic carbocycles. The normalized spacial score (nSPS) is 39.3. The number of fused-ring (bicyclic) bond motifs is 1. The van der Waals surface area contributed by atoms with Gasteiger partial charge in [0.2, 0.25) is 0 Å². The van der Waals surface area contributed by atoms with Crippen LogP contribution in [0, 0.1) is 11.8 Å². The quantitative estimate of drug-likeness (QED) is 0.791. The highest BCUT2D eigenvalue weighted by Crippen LogP contribution is 2.38. The Morgan fingerprint density at radius 2 is 1.76 bits per heavy atom. The monoisotopic (exact) mass is 297 g/mol. The Balaban J connectivity index is 1.46. The minimum Gasteiger partial charge on any atom is -0.453 e. The summed E-state index contributed by atoms with van der Waals surface area (Å²) in [7, 11) is 3.46. The van der Waals surface area contributed by atoms with Gasteiger partial charge in [0, 0.05) is 31.2 Å². The summed E-state index contributed by atoms with van der Waals surface area (Å²) >= 11 is 0. The third kappa shape index (κ3) is 3.33. The van der Waals surface area contributed by atoms with Crippen molar-refractivity contribution in [3.63, 3.8) is 0 Å². The van der Waals surface area contributed by atoms with E-state index in [0.717, 1.165) is 32.7 Å². The average Bonchev–Trinajstić information content (AvgIpc) is 3.04. The highest BCUT2D eigenvalue weighted by Gasteiger charge is 2.43. The molecule has 2 N–H and O–H groups in total. The van der Waals surface area contributed by atoms with Gasteiger partial charge >= 0.3 is 6.09 Å².